The molecule has 1 amide bonds. The van der Waals surface area contributed by atoms with E-state index >= 15 is 0 Å². The summed E-state index contributed by atoms with van der Waals surface area (Å²) in [6.07, 6.45) is 2.00. The second-order valence-corrected chi connectivity index (χ2v) is 6.82. The SMILES string of the molecule is CC(C)N(CC1CCCN(CCO)C1)C(=O)OCc1ccccc1. The lowest BCUT2D eigenvalue weighted by Gasteiger charge is -2.36. The molecule has 24 heavy (non-hydrogen) atoms. The average molecular weight is 334 g/mol. The van der Waals surface area contributed by atoms with Gasteiger partial charge < -0.3 is 19.6 Å². The maximum atomic E-state index is 12.5. The third kappa shape index (κ3) is 5.80. The van der Waals surface area contributed by atoms with E-state index in [-0.39, 0.29) is 18.7 Å². The number of hydrogen-bond acceptors (Lipinski definition) is 4. The lowest BCUT2D eigenvalue weighted by molar-refractivity contribution is 0.0651. The van der Waals surface area contributed by atoms with Crippen molar-refractivity contribution in [2.45, 2.75) is 39.3 Å². The van der Waals surface area contributed by atoms with Gasteiger partial charge in [0.15, 0.2) is 0 Å². The summed E-state index contributed by atoms with van der Waals surface area (Å²) in [6.45, 7) is 7.97. The molecule has 1 heterocycles. The lowest BCUT2D eigenvalue weighted by Crippen LogP contribution is -2.46. The molecule has 0 aromatic heterocycles. The molecule has 1 aliphatic heterocycles. The molecule has 1 unspecified atom stereocenters. The van der Waals surface area contributed by atoms with Gasteiger partial charge in [0.2, 0.25) is 0 Å². The zero-order valence-electron chi connectivity index (χ0n) is 14.9. The first-order valence-electron chi connectivity index (χ1n) is 8.90. The van der Waals surface area contributed by atoms with Crippen LogP contribution in [0.15, 0.2) is 30.3 Å². The van der Waals surface area contributed by atoms with Crippen molar-refractivity contribution in [3.05, 3.63) is 35.9 Å². The highest BCUT2D eigenvalue weighted by atomic mass is 16.6. The standard InChI is InChI=1S/C19H30N2O3/c1-16(2)21(14-18-9-6-10-20(13-18)11-12-22)19(23)24-15-17-7-4-3-5-8-17/h3-5,7-8,16,18,22H,6,9-15H2,1-2H3. The van der Waals surface area contributed by atoms with Crippen molar-refractivity contribution >= 4 is 6.09 Å². The van der Waals surface area contributed by atoms with Crippen molar-refractivity contribution in [3.63, 3.8) is 0 Å². The topological polar surface area (TPSA) is 53.0 Å². The van der Waals surface area contributed by atoms with Crippen LogP contribution in [0.25, 0.3) is 0 Å². The summed E-state index contributed by atoms with van der Waals surface area (Å²) in [7, 11) is 0. The van der Waals surface area contributed by atoms with Gasteiger partial charge in [-0.15, -0.1) is 0 Å². The minimum atomic E-state index is -0.242. The highest BCUT2D eigenvalue weighted by Crippen LogP contribution is 2.19. The van der Waals surface area contributed by atoms with E-state index in [1.807, 2.05) is 49.1 Å². The highest BCUT2D eigenvalue weighted by molar-refractivity contribution is 5.68. The van der Waals surface area contributed by atoms with E-state index in [0.717, 1.165) is 38.0 Å². The number of carbonyl (C=O) groups is 1. The predicted molar refractivity (Wildman–Crippen MR) is 94.7 cm³/mol. The molecule has 1 saturated heterocycles. The number of piperidine rings is 1. The molecule has 0 saturated carbocycles. The predicted octanol–water partition coefficient (Wildman–Crippen LogP) is 2.74. The molecule has 1 N–H and O–H groups in total. The van der Waals surface area contributed by atoms with Gasteiger partial charge in [-0.3, -0.25) is 0 Å². The summed E-state index contributed by atoms with van der Waals surface area (Å²) in [5.41, 5.74) is 1.00. The van der Waals surface area contributed by atoms with Gasteiger partial charge in [-0.05, 0) is 44.7 Å². The molecule has 5 heteroatoms. The average Bonchev–Trinajstić information content (AvgIpc) is 2.59. The number of carbonyl (C=O) groups excluding carboxylic acids is 1. The van der Waals surface area contributed by atoms with E-state index in [1.54, 1.807) is 0 Å². The third-order valence-corrected chi connectivity index (χ3v) is 4.54. The summed E-state index contributed by atoms with van der Waals surface area (Å²) in [5, 5.41) is 9.12. The number of aliphatic hydroxyl groups excluding tert-OH is 1. The van der Waals surface area contributed by atoms with Crippen LogP contribution in [0, 0.1) is 5.92 Å². The Labute approximate surface area is 145 Å². The largest absolute Gasteiger partial charge is 0.445 e. The zero-order chi connectivity index (χ0) is 17.4. The van der Waals surface area contributed by atoms with E-state index in [2.05, 4.69) is 4.90 Å². The Morgan fingerprint density at radius 1 is 1.38 bits per heavy atom. The Hall–Kier alpha value is -1.59. The van der Waals surface area contributed by atoms with E-state index in [1.165, 1.54) is 0 Å². The Morgan fingerprint density at radius 2 is 2.12 bits per heavy atom. The fraction of sp³-hybridized carbons (Fsp3) is 0.632. The number of likely N-dealkylation sites (tertiary alicyclic amines) is 1. The maximum Gasteiger partial charge on any atom is 0.410 e. The Bertz CT molecular complexity index is 491. The van der Waals surface area contributed by atoms with E-state index in [9.17, 15) is 4.79 Å². The van der Waals surface area contributed by atoms with Crippen molar-refractivity contribution in [1.29, 1.82) is 0 Å². The van der Waals surface area contributed by atoms with E-state index in [0.29, 0.717) is 19.1 Å². The van der Waals surface area contributed by atoms with Gasteiger partial charge in [-0.2, -0.15) is 0 Å². The molecular formula is C19H30N2O3. The van der Waals surface area contributed by atoms with Gasteiger partial charge in [0.05, 0.1) is 6.61 Å². The van der Waals surface area contributed by atoms with E-state index in [4.69, 9.17) is 9.84 Å². The van der Waals surface area contributed by atoms with Crippen LogP contribution in [-0.2, 0) is 11.3 Å². The minimum Gasteiger partial charge on any atom is -0.445 e. The van der Waals surface area contributed by atoms with Crippen LogP contribution >= 0.6 is 0 Å². The maximum absolute atomic E-state index is 12.5. The van der Waals surface area contributed by atoms with Crippen molar-refractivity contribution in [2.75, 3.05) is 32.8 Å². The zero-order valence-corrected chi connectivity index (χ0v) is 14.9. The second-order valence-electron chi connectivity index (χ2n) is 6.82. The summed E-state index contributed by atoms with van der Waals surface area (Å²) >= 11 is 0. The number of aliphatic hydroxyl groups is 1. The molecule has 0 spiro atoms. The quantitative estimate of drug-likeness (QED) is 0.833. The normalized spacial score (nSPS) is 18.6. The molecule has 1 aromatic rings. The molecule has 1 aromatic carbocycles. The summed E-state index contributed by atoms with van der Waals surface area (Å²) in [6, 6.07) is 9.87. The molecule has 0 radical (unpaired) electrons. The van der Waals surface area contributed by atoms with Gasteiger partial charge in [-0.1, -0.05) is 30.3 Å². The molecule has 0 aliphatic carbocycles. The van der Waals surface area contributed by atoms with Crippen molar-refractivity contribution in [3.8, 4) is 0 Å². The minimum absolute atomic E-state index is 0.112. The fourth-order valence-electron chi connectivity index (χ4n) is 3.22. The highest BCUT2D eigenvalue weighted by Gasteiger charge is 2.26. The Kier molecular flexibility index (Phi) is 7.53. The van der Waals surface area contributed by atoms with Crippen LogP contribution in [0.4, 0.5) is 4.79 Å². The van der Waals surface area contributed by atoms with Crippen molar-refractivity contribution < 1.29 is 14.6 Å². The van der Waals surface area contributed by atoms with Crippen LogP contribution < -0.4 is 0 Å². The fourth-order valence-corrected chi connectivity index (χ4v) is 3.22. The summed E-state index contributed by atoms with van der Waals surface area (Å²) in [4.78, 5) is 16.6. The molecule has 1 atom stereocenters. The monoisotopic (exact) mass is 334 g/mol. The van der Waals surface area contributed by atoms with Gasteiger partial charge in [0.1, 0.15) is 6.61 Å². The van der Waals surface area contributed by atoms with Gasteiger partial charge in [0, 0.05) is 25.7 Å². The number of rotatable bonds is 7. The molecule has 5 nitrogen and oxygen atoms in total. The number of ether oxygens (including phenoxy) is 1. The molecule has 1 fully saturated rings. The summed E-state index contributed by atoms with van der Waals surface area (Å²) in [5.74, 6) is 0.442. The molecule has 2 rings (SSSR count). The van der Waals surface area contributed by atoms with Crippen molar-refractivity contribution in [1.82, 2.24) is 9.80 Å². The van der Waals surface area contributed by atoms with Crippen LogP contribution in [0.1, 0.15) is 32.3 Å². The molecule has 1 aliphatic rings. The summed E-state index contributed by atoms with van der Waals surface area (Å²) < 4.78 is 5.50. The van der Waals surface area contributed by atoms with Crippen LogP contribution in [0.3, 0.4) is 0 Å². The molecular weight excluding hydrogens is 304 g/mol. The number of β-amino-alcohol motifs (C(OH)–C–C–N with tert-alkyl or cyclic N) is 1. The van der Waals surface area contributed by atoms with Crippen LogP contribution in [0.2, 0.25) is 0 Å². The smallest absolute Gasteiger partial charge is 0.410 e. The van der Waals surface area contributed by atoms with Gasteiger partial charge >= 0.3 is 6.09 Å². The van der Waals surface area contributed by atoms with E-state index < -0.39 is 0 Å². The number of nitrogens with zero attached hydrogens (tertiary/aromatic N) is 2. The number of benzene rings is 1. The molecule has 0 bridgehead atoms. The lowest BCUT2D eigenvalue weighted by atomic mass is 9.97. The van der Waals surface area contributed by atoms with Crippen LogP contribution in [-0.4, -0.2) is 59.8 Å². The number of hydrogen-bond donors (Lipinski definition) is 1. The second kappa shape index (κ2) is 9.64. The first kappa shape index (κ1) is 18.7. The first-order chi connectivity index (χ1) is 11.6. The van der Waals surface area contributed by atoms with Gasteiger partial charge in [-0.25, -0.2) is 4.79 Å². The van der Waals surface area contributed by atoms with Gasteiger partial charge in [0.25, 0.3) is 0 Å². The van der Waals surface area contributed by atoms with Crippen LogP contribution in [0.5, 0.6) is 0 Å². The Balaban J connectivity index is 1.87. The first-order valence-corrected chi connectivity index (χ1v) is 8.90. The third-order valence-electron chi connectivity index (χ3n) is 4.54. The number of amides is 1. The Morgan fingerprint density at radius 3 is 2.79 bits per heavy atom. The van der Waals surface area contributed by atoms with Crippen molar-refractivity contribution in [2.24, 2.45) is 5.92 Å². The molecule has 134 valence electrons.